The SMILES string of the molecule is CN1CCCN=C(N2CCc3ccccc3[C@@H]2c2ccc(F)cc2)OC1. The Hall–Kier alpha value is -2.40. The topological polar surface area (TPSA) is 28.1 Å². The lowest BCUT2D eigenvalue weighted by atomic mass is 9.88. The lowest BCUT2D eigenvalue weighted by molar-refractivity contribution is 0.104. The average molecular weight is 353 g/mol. The largest absolute Gasteiger partial charge is 0.449 e. The van der Waals surface area contributed by atoms with Gasteiger partial charge in [-0.3, -0.25) is 4.90 Å². The van der Waals surface area contributed by atoms with E-state index in [1.54, 1.807) is 0 Å². The molecule has 4 nitrogen and oxygen atoms in total. The third-order valence-corrected chi connectivity index (χ3v) is 5.07. The van der Waals surface area contributed by atoms with E-state index in [9.17, 15) is 4.39 Å². The maximum Gasteiger partial charge on any atom is 0.289 e. The van der Waals surface area contributed by atoms with E-state index in [1.165, 1.54) is 23.3 Å². The number of amidine groups is 1. The summed E-state index contributed by atoms with van der Waals surface area (Å²) in [7, 11) is 2.06. The molecule has 0 aliphatic carbocycles. The van der Waals surface area contributed by atoms with Gasteiger partial charge in [-0.2, -0.15) is 0 Å². The molecule has 2 heterocycles. The summed E-state index contributed by atoms with van der Waals surface area (Å²) >= 11 is 0. The number of hydrogen-bond donors (Lipinski definition) is 0. The number of aliphatic imine (C=N–C) groups is 1. The molecule has 2 aromatic rings. The Morgan fingerprint density at radius 3 is 2.73 bits per heavy atom. The van der Waals surface area contributed by atoms with Crippen LogP contribution in [0.25, 0.3) is 0 Å². The highest BCUT2D eigenvalue weighted by atomic mass is 19.1. The van der Waals surface area contributed by atoms with Gasteiger partial charge in [0, 0.05) is 19.6 Å². The fraction of sp³-hybridized carbons (Fsp3) is 0.381. The molecular weight excluding hydrogens is 329 g/mol. The number of halogens is 1. The van der Waals surface area contributed by atoms with Crippen LogP contribution in [0.15, 0.2) is 53.5 Å². The molecule has 0 amide bonds. The Morgan fingerprint density at radius 2 is 1.88 bits per heavy atom. The van der Waals surface area contributed by atoms with Crippen molar-refractivity contribution in [2.45, 2.75) is 18.9 Å². The molecule has 136 valence electrons. The van der Waals surface area contributed by atoms with Crippen molar-refractivity contribution in [1.29, 1.82) is 0 Å². The molecule has 2 aliphatic rings. The first-order valence-corrected chi connectivity index (χ1v) is 9.18. The molecule has 2 aliphatic heterocycles. The highest BCUT2D eigenvalue weighted by Crippen LogP contribution is 2.35. The van der Waals surface area contributed by atoms with Crippen LogP contribution in [0.5, 0.6) is 0 Å². The lowest BCUT2D eigenvalue weighted by Gasteiger charge is -2.39. The summed E-state index contributed by atoms with van der Waals surface area (Å²) in [5, 5.41) is 0. The first kappa shape index (κ1) is 17.0. The van der Waals surface area contributed by atoms with Crippen LogP contribution < -0.4 is 0 Å². The van der Waals surface area contributed by atoms with Crippen LogP contribution in [0.4, 0.5) is 4.39 Å². The van der Waals surface area contributed by atoms with E-state index in [2.05, 4.69) is 41.1 Å². The number of benzene rings is 2. The molecule has 0 radical (unpaired) electrons. The summed E-state index contributed by atoms with van der Waals surface area (Å²) < 4.78 is 19.5. The van der Waals surface area contributed by atoms with Gasteiger partial charge in [0.05, 0.1) is 6.04 Å². The Bertz CT molecular complexity index is 790. The molecule has 26 heavy (non-hydrogen) atoms. The van der Waals surface area contributed by atoms with Crippen molar-refractivity contribution in [2.75, 3.05) is 33.4 Å². The van der Waals surface area contributed by atoms with Gasteiger partial charge in [-0.05, 0) is 48.7 Å². The maximum atomic E-state index is 13.5. The predicted molar refractivity (Wildman–Crippen MR) is 101 cm³/mol. The van der Waals surface area contributed by atoms with E-state index in [4.69, 9.17) is 9.73 Å². The molecule has 4 rings (SSSR count). The van der Waals surface area contributed by atoms with Gasteiger partial charge >= 0.3 is 0 Å². The number of nitrogens with zero attached hydrogens (tertiary/aromatic N) is 3. The van der Waals surface area contributed by atoms with Crippen LogP contribution in [0.3, 0.4) is 0 Å². The molecule has 0 aromatic heterocycles. The van der Waals surface area contributed by atoms with Crippen molar-refractivity contribution in [3.63, 3.8) is 0 Å². The van der Waals surface area contributed by atoms with Crippen LogP contribution in [-0.2, 0) is 11.2 Å². The number of ether oxygens (including phenoxy) is 1. The molecule has 0 N–H and O–H groups in total. The zero-order chi connectivity index (χ0) is 17.9. The van der Waals surface area contributed by atoms with E-state index in [1.807, 2.05) is 12.1 Å². The zero-order valence-electron chi connectivity index (χ0n) is 15.1. The van der Waals surface area contributed by atoms with E-state index >= 15 is 0 Å². The van der Waals surface area contributed by atoms with Gasteiger partial charge in [-0.25, -0.2) is 9.38 Å². The van der Waals surface area contributed by atoms with Crippen molar-refractivity contribution in [3.8, 4) is 0 Å². The van der Waals surface area contributed by atoms with Crippen molar-refractivity contribution in [2.24, 2.45) is 4.99 Å². The second-order valence-electron chi connectivity index (χ2n) is 6.97. The molecule has 0 saturated heterocycles. The number of rotatable bonds is 1. The minimum atomic E-state index is -0.217. The lowest BCUT2D eigenvalue weighted by Crippen LogP contribution is -2.44. The molecule has 0 spiro atoms. The highest BCUT2D eigenvalue weighted by molar-refractivity contribution is 5.75. The summed E-state index contributed by atoms with van der Waals surface area (Å²) in [5.41, 5.74) is 3.63. The second kappa shape index (κ2) is 7.46. The van der Waals surface area contributed by atoms with Gasteiger partial charge in [-0.1, -0.05) is 36.4 Å². The van der Waals surface area contributed by atoms with E-state index in [0.29, 0.717) is 12.8 Å². The fourth-order valence-electron chi connectivity index (χ4n) is 3.74. The Kier molecular flexibility index (Phi) is 4.89. The smallest absolute Gasteiger partial charge is 0.289 e. The van der Waals surface area contributed by atoms with Gasteiger partial charge in [0.1, 0.15) is 12.5 Å². The van der Waals surface area contributed by atoms with Crippen molar-refractivity contribution >= 4 is 6.02 Å². The number of fused-ring (bicyclic) bond motifs is 1. The van der Waals surface area contributed by atoms with Crippen LogP contribution in [0.2, 0.25) is 0 Å². The summed E-state index contributed by atoms with van der Waals surface area (Å²) in [4.78, 5) is 9.12. The Morgan fingerprint density at radius 1 is 1.08 bits per heavy atom. The normalized spacial score (nSPS) is 21.2. The van der Waals surface area contributed by atoms with Gasteiger partial charge < -0.3 is 9.64 Å². The minimum absolute atomic E-state index is 0.0102. The summed E-state index contributed by atoms with van der Waals surface area (Å²) in [6, 6.07) is 15.9. The predicted octanol–water partition coefficient (Wildman–Crippen LogP) is 3.44. The third-order valence-electron chi connectivity index (χ3n) is 5.07. The zero-order valence-corrected chi connectivity index (χ0v) is 15.1. The second-order valence-corrected chi connectivity index (χ2v) is 6.97. The Balaban J connectivity index is 1.74. The standard InChI is InChI=1S/C21H24FN3O/c1-24-13-4-12-23-21(26-15-24)25-14-11-16-5-2-3-6-19(16)20(25)17-7-9-18(22)10-8-17/h2-3,5-10,20H,4,11-15H2,1H3/t20-/m0/s1. The minimum Gasteiger partial charge on any atom is -0.449 e. The van der Waals surface area contributed by atoms with Crippen LogP contribution >= 0.6 is 0 Å². The van der Waals surface area contributed by atoms with Crippen LogP contribution in [0.1, 0.15) is 29.2 Å². The highest BCUT2D eigenvalue weighted by Gasteiger charge is 2.32. The van der Waals surface area contributed by atoms with E-state index < -0.39 is 0 Å². The quantitative estimate of drug-likeness (QED) is 0.786. The van der Waals surface area contributed by atoms with Crippen molar-refractivity contribution in [1.82, 2.24) is 9.80 Å². The van der Waals surface area contributed by atoms with Gasteiger partial charge in [-0.15, -0.1) is 0 Å². The van der Waals surface area contributed by atoms with Crippen LogP contribution in [-0.4, -0.2) is 49.2 Å². The monoisotopic (exact) mass is 353 g/mol. The Labute approximate surface area is 153 Å². The first-order chi connectivity index (χ1) is 12.7. The fourth-order valence-corrected chi connectivity index (χ4v) is 3.74. The van der Waals surface area contributed by atoms with Crippen molar-refractivity contribution in [3.05, 3.63) is 71.0 Å². The molecule has 1 atom stereocenters. The molecule has 0 bridgehead atoms. The van der Waals surface area contributed by atoms with E-state index in [-0.39, 0.29) is 11.9 Å². The van der Waals surface area contributed by atoms with Gasteiger partial charge in [0.2, 0.25) is 0 Å². The first-order valence-electron chi connectivity index (χ1n) is 9.18. The summed E-state index contributed by atoms with van der Waals surface area (Å²) in [5.74, 6) is -0.217. The van der Waals surface area contributed by atoms with Crippen LogP contribution in [0, 0.1) is 5.82 Å². The average Bonchev–Trinajstić information content (AvgIpc) is 2.65. The van der Waals surface area contributed by atoms with Crippen molar-refractivity contribution < 1.29 is 9.13 Å². The molecule has 0 saturated carbocycles. The molecule has 5 heteroatoms. The van der Waals surface area contributed by atoms with Gasteiger partial charge in [0.15, 0.2) is 0 Å². The summed E-state index contributed by atoms with van der Waals surface area (Å²) in [6.07, 6.45) is 1.97. The molecule has 2 aromatic carbocycles. The third kappa shape index (κ3) is 3.44. The van der Waals surface area contributed by atoms with E-state index in [0.717, 1.165) is 38.0 Å². The van der Waals surface area contributed by atoms with Gasteiger partial charge in [0.25, 0.3) is 6.02 Å². The summed E-state index contributed by atoms with van der Waals surface area (Å²) in [6.45, 7) is 3.11. The molecule has 0 unspecified atom stereocenters. The molecule has 0 fully saturated rings. The maximum absolute atomic E-state index is 13.5. The molecular formula is C21H24FN3O. The number of hydrogen-bond acceptors (Lipinski definition) is 4.